The molecule has 0 saturated heterocycles. The summed E-state index contributed by atoms with van der Waals surface area (Å²) in [5.74, 6) is -1.27. The molecule has 1 aliphatic carbocycles. The lowest BCUT2D eigenvalue weighted by molar-refractivity contribution is -0.138. The molecule has 2 amide bonds. The highest BCUT2D eigenvalue weighted by Gasteiger charge is 2.34. The van der Waals surface area contributed by atoms with Crippen LogP contribution in [0.15, 0.2) is 18.2 Å². The van der Waals surface area contributed by atoms with Crippen molar-refractivity contribution in [3.63, 3.8) is 0 Å². The molecule has 0 aromatic heterocycles. The van der Waals surface area contributed by atoms with Crippen LogP contribution in [0.3, 0.4) is 0 Å². The average Bonchev–Trinajstić information content (AvgIpc) is 3.12. The molecule has 1 aromatic carbocycles. The highest BCUT2D eigenvalue weighted by molar-refractivity contribution is 6.41. The van der Waals surface area contributed by atoms with Crippen LogP contribution in [0.2, 0.25) is 5.02 Å². The number of amides is 2. The molecule has 118 valence electrons. The lowest BCUT2D eigenvalue weighted by Gasteiger charge is -2.23. The van der Waals surface area contributed by atoms with Crippen molar-refractivity contribution < 1.29 is 14.7 Å². The predicted molar refractivity (Wildman–Crippen MR) is 83.9 cm³/mol. The van der Waals surface area contributed by atoms with Crippen molar-refractivity contribution in [3.8, 4) is 0 Å². The summed E-state index contributed by atoms with van der Waals surface area (Å²) in [5.41, 5.74) is 0.745. The van der Waals surface area contributed by atoms with E-state index in [1.54, 1.807) is 18.2 Å². The number of halogens is 1. The number of aliphatic hydroxyl groups is 1. The van der Waals surface area contributed by atoms with Crippen LogP contribution in [0.4, 0.5) is 5.69 Å². The van der Waals surface area contributed by atoms with Gasteiger partial charge in [0.1, 0.15) is 0 Å². The van der Waals surface area contributed by atoms with Crippen molar-refractivity contribution in [1.82, 2.24) is 5.32 Å². The molecule has 1 heterocycles. The van der Waals surface area contributed by atoms with Gasteiger partial charge in [-0.2, -0.15) is 0 Å². The molecule has 6 heteroatoms. The first-order valence-electron chi connectivity index (χ1n) is 7.60. The van der Waals surface area contributed by atoms with Crippen molar-refractivity contribution >= 4 is 29.1 Å². The molecule has 2 N–H and O–H groups in total. The van der Waals surface area contributed by atoms with Crippen molar-refractivity contribution in [2.75, 3.05) is 18.0 Å². The molecule has 1 fully saturated rings. The number of carbonyl (C=O) groups is 2. The summed E-state index contributed by atoms with van der Waals surface area (Å²) >= 11 is 6.11. The van der Waals surface area contributed by atoms with E-state index < -0.39 is 17.4 Å². The van der Waals surface area contributed by atoms with Crippen LogP contribution in [0.5, 0.6) is 0 Å². The summed E-state index contributed by atoms with van der Waals surface area (Å²) in [4.78, 5) is 25.8. The second-order valence-corrected chi connectivity index (χ2v) is 6.47. The van der Waals surface area contributed by atoms with Gasteiger partial charge in [0.05, 0.1) is 5.60 Å². The van der Waals surface area contributed by atoms with E-state index in [9.17, 15) is 14.7 Å². The van der Waals surface area contributed by atoms with Gasteiger partial charge in [0, 0.05) is 23.8 Å². The summed E-state index contributed by atoms with van der Waals surface area (Å²) < 4.78 is 0. The van der Waals surface area contributed by atoms with E-state index in [0.29, 0.717) is 36.5 Å². The second kappa shape index (κ2) is 5.89. The first kappa shape index (κ1) is 15.3. The molecule has 5 nitrogen and oxygen atoms in total. The molecule has 0 unspecified atom stereocenters. The molecular weight excluding hydrogens is 304 g/mol. The van der Waals surface area contributed by atoms with E-state index in [2.05, 4.69) is 5.32 Å². The maximum Gasteiger partial charge on any atom is 0.316 e. The smallest absolute Gasteiger partial charge is 0.316 e. The molecule has 1 aliphatic heterocycles. The fraction of sp³-hybridized carbons (Fsp3) is 0.500. The number of anilines is 1. The van der Waals surface area contributed by atoms with Gasteiger partial charge in [-0.1, -0.05) is 30.5 Å². The Morgan fingerprint density at radius 2 is 2.05 bits per heavy atom. The monoisotopic (exact) mass is 322 g/mol. The number of benzene rings is 1. The van der Waals surface area contributed by atoms with Gasteiger partial charge in [-0.25, -0.2) is 0 Å². The van der Waals surface area contributed by atoms with E-state index in [-0.39, 0.29) is 6.54 Å². The van der Waals surface area contributed by atoms with Gasteiger partial charge in [-0.15, -0.1) is 0 Å². The first-order valence-corrected chi connectivity index (χ1v) is 7.97. The SMILES string of the molecule is O=C(NCC1(O)CCCC1)C(=O)N1CCc2c(Cl)cccc21. The summed E-state index contributed by atoms with van der Waals surface area (Å²) in [7, 11) is 0. The van der Waals surface area contributed by atoms with Crippen molar-refractivity contribution in [2.45, 2.75) is 37.7 Å². The molecule has 0 atom stereocenters. The highest BCUT2D eigenvalue weighted by Crippen LogP contribution is 2.33. The maximum atomic E-state index is 12.3. The number of carbonyl (C=O) groups excluding carboxylic acids is 2. The quantitative estimate of drug-likeness (QED) is 0.813. The summed E-state index contributed by atoms with van der Waals surface area (Å²) in [6.07, 6.45) is 3.90. The van der Waals surface area contributed by atoms with Crippen LogP contribution in [-0.4, -0.2) is 35.6 Å². The van der Waals surface area contributed by atoms with Gasteiger partial charge in [0.15, 0.2) is 0 Å². The first-order chi connectivity index (χ1) is 10.5. The number of nitrogens with zero attached hydrogens (tertiary/aromatic N) is 1. The van der Waals surface area contributed by atoms with E-state index in [4.69, 9.17) is 11.6 Å². The third kappa shape index (κ3) is 2.83. The zero-order valence-electron chi connectivity index (χ0n) is 12.3. The predicted octanol–water partition coefficient (Wildman–Crippen LogP) is 1.65. The third-order valence-corrected chi connectivity index (χ3v) is 4.88. The fourth-order valence-corrected chi connectivity index (χ4v) is 3.52. The Morgan fingerprint density at radius 3 is 2.77 bits per heavy atom. The Hall–Kier alpha value is -1.59. The number of hydrogen-bond acceptors (Lipinski definition) is 3. The van der Waals surface area contributed by atoms with Gasteiger partial charge >= 0.3 is 11.8 Å². The Labute approximate surface area is 134 Å². The standard InChI is InChI=1S/C16H19ClN2O3/c17-12-4-3-5-13-11(12)6-9-19(13)15(21)14(20)18-10-16(22)7-1-2-8-16/h3-5,22H,1-2,6-10H2,(H,18,20). The molecule has 2 aliphatic rings. The van der Waals surface area contributed by atoms with Crippen LogP contribution in [0, 0.1) is 0 Å². The van der Waals surface area contributed by atoms with E-state index in [1.165, 1.54) is 4.90 Å². The Kier molecular flexibility index (Phi) is 4.10. The zero-order valence-corrected chi connectivity index (χ0v) is 13.0. The lowest BCUT2D eigenvalue weighted by atomic mass is 10.0. The normalized spacial score (nSPS) is 19.1. The average molecular weight is 323 g/mol. The van der Waals surface area contributed by atoms with Crippen molar-refractivity contribution in [2.24, 2.45) is 0 Å². The Morgan fingerprint density at radius 1 is 1.32 bits per heavy atom. The third-order valence-electron chi connectivity index (χ3n) is 4.52. The van der Waals surface area contributed by atoms with Crippen LogP contribution >= 0.6 is 11.6 Å². The molecule has 3 rings (SSSR count). The fourth-order valence-electron chi connectivity index (χ4n) is 3.26. The van der Waals surface area contributed by atoms with Gasteiger partial charge < -0.3 is 15.3 Å². The largest absolute Gasteiger partial charge is 0.388 e. The molecule has 0 spiro atoms. The number of hydrogen-bond donors (Lipinski definition) is 2. The Balaban J connectivity index is 1.65. The highest BCUT2D eigenvalue weighted by atomic mass is 35.5. The van der Waals surface area contributed by atoms with Crippen LogP contribution in [-0.2, 0) is 16.0 Å². The number of nitrogens with one attached hydrogen (secondary N) is 1. The van der Waals surface area contributed by atoms with Crippen molar-refractivity contribution in [3.05, 3.63) is 28.8 Å². The van der Waals surface area contributed by atoms with Crippen molar-refractivity contribution in [1.29, 1.82) is 0 Å². The van der Waals surface area contributed by atoms with E-state index >= 15 is 0 Å². The van der Waals surface area contributed by atoms with Gasteiger partial charge in [-0.3, -0.25) is 9.59 Å². The Bertz CT molecular complexity index is 611. The minimum Gasteiger partial charge on any atom is -0.388 e. The summed E-state index contributed by atoms with van der Waals surface area (Å²) in [6.45, 7) is 0.587. The molecule has 1 saturated carbocycles. The van der Waals surface area contributed by atoms with Crippen LogP contribution in [0.25, 0.3) is 0 Å². The maximum absolute atomic E-state index is 12.3. The molecular formula is C16H19ClN2O3. The molecule has 1 aromatic rings. The minimum absolute atomic E-state index is 0.133. The molecule has 0 radical (unpaired) electrons. The zero-order chi connectivity index (χ0) is 15.7. The minimum atomic E-state index is -0.859. The van der Waals surface area contributed by atoms with Crippen LogP contribution in [0.1, 0.15) is 31.2 Å². The van der Waals surface area contributed by atoms with Crippen LogP contribution < -0.4 is 10.2 Å². The topological polar surface area (TPSA) is 69.6 Å². The van der Waals surface area contributed by atoms with Gasteiger partial charge in [0.25, 0.3) is 0 Å². The van der Waals surface area contributed by atoms with Gasteiger partial charge in [0.2, 0.25) is 0 Å². The summed E-state index contributed by atoms with van der Waals surface area (Å²) in [5, 5.41) is 13.4. The van der Waals surface area contributed by atoms with E-state index in [1.807, 2.05) is 0 Å². The number of fused-ring (bicyclic) bond motifs is 1. The number of rotatable bonds is 2. The summed E-state index contributed by atoms with van der Waals surface area (Å²) in [6, 6.07) is 5.35. The lowest BCUT2D eigenvalue weighted by Crippen LogP contribution is -2.47. The molecule has 0 bridgehead atoms. The van der Waals surface area contributed by atoms with Gasteiger partial charge in [-0.05, 0) is 37.0 Å². The van der Waals surface area contributed by atoms with E-state index in [0.717, 1.165) is 18.4 Å². The second-order valence-electron chi connectivity index (χ2n) is 6.06. The molecule has 22 heavy (non-hydrogen) atoms.